The molecule has 1 rings (SSSR count). The average molecular weight is 316 g/mol. The molecule has 0 amide bonds. The van der Waals surface area contributed by atoms with E-state index in [2.05, 4.69) is 11.9 Å². The summed E-state index contributed by atoms with van der Waals surface area (Å²) in [5.41, 5.74) is 0.875. The van der Waals surface area contributed by atoms with Crippen molar-refractivity contribution in [3.63, 3.8) is 0 Å². The molecule has 1 N–H and O–H groups in total. The summed E-state index contributed by atoms with van der Waals surface area (Å²) >= 11 is 3.30. The summed E-state index contributed by atoms with van der Waals surface area (Å²) in [4.78, 5) is 16.0. The van der Waals surface area contributed by atoms with Crippen molar-refractivity contribution in [3.05, 3.63) is 10.6 Å². The first kappa shape index (κ1) is 17.5. The summed E-state index contributed by atoms with van der Waals surface area (Å²) in [5.74, 6) is 0.313. The van der Waals surface area contributed by atoms with Crippen LogP contribution in [0, 0.1) is 6.92 Å². The number of carbonyl (C=O) groups is 1. The zero-order chi connectivity index (χ0) is 14.8. The smallest absolute Gasteiger partial charge is 0.308 e. The van der Waals surface area contributed by atoms with Gasteiger partial charge in [0, 0.05) is 10.6 Å². The molecule has 1 aromatic heterocycles. The van der Waals surface area contributed by atoms with Crippen LogP contribution in [0.1, 0.15) is 62.4 Å². The van der Waals surface area contributed by atoms with Crippen molar-refractivity contribution in [2.75, 3.05) is 5.75 Å². The zero-order valence-electron chi connectivity index (χ0n) is 12.5. The second-order valence-electron chi connectivity index (χ2n) is 5.03. The maximum absolute atomic E-state index is 10.7. The van der Waals surface area contributed by atoms with Gasteiger partial charge >= 0.3 is 5.97 Å². The normalized spacial score (nSPS) is 10.9. The lowest BCUT2D eigenvalue weighted by atomic mass is 10.1. The van der Waals surface area contributed by atoms with Gasteiger partial charge in [0.05, 0.1) is 12.1 Å². The highest BCUT2D eigenvalue weighted by atomic mass is 32.2. The minimum atomic E-state index is -0.777. The van der Waals surface area contributed by atoms with E-state index in [1.807, 2.05) is 6.92 Å². The van der Waals surface area contributed by atoms with Gasteiger partial charge < -0.3 is 5.11 Å². The largest absolute Gasteiger partial charge is 0.481 e. The highest BCUT2D eigenvalue weighted by Crippen LogP contribution is 2.28. The maximum atomic E-state index is 10.7. The highest BCUT2D eigenvalue weighted by Gasteiger charge is 2.10. The number of carboxylic acid groups (broad SMARTS) is 1. The van der Waals surface area contributed by atoms with Crippen LogP contribution in [0.15, 0.2) is 4.34 Å². The van der Waals surface area contributed by atoms with Gasteiger partial charge in [-0.1, -0.05) is 57.2 Å². The summed E-state index contributed by atoms with van der Waals surface area (Å²) < 4.78 is 1.02. The van der Waals surface area contributed by atoms with E-state index in [9.17, 15) is 4.79 Å². The number of thiazole rings is 1. The van der Waals surface area contributed by atoms with Crippen molar-refractivity contribution in [2.24, 2.45) is 0 Å². The lowest BCUT2D eigenvalue weighted by Crippen LogP contribution is -1.99. The third kappa shape index (κ3) is 7.29. The van der Waals surface area contributed by atoms with Gasteiger partial charge in [-0.05, 0) is 13.3 Å². The molecular weight excluding hydrogens is 290 g/mol. The molecule has 0 saturated carbocycles. The molecule has 1 heterocycles. The first-order valence-corrected chi connectivity index (χ1v) is 9.24. The fraction of sp³-hybridized carbons (Fsp3) is 0.733. The molecule has 0 aliphatic heterocycles. The van der Waals surface area contributed by atoms with Crippen LogP contribution in [0.2, 0.25) is 0 Å². The molecule has 1 aromatic rings. The standard InChI is InChI=1S/C15H25NO2S2/c1-3-4-5-6-7-8-9-10-19-15-16-12(2)13(20-15)11-14(17)18/h3-11H2,1-2H3,(H,17,18). The second kappa shape index (κ2) is 10.2. The van der Waals surface area contributed by atoms with E-state index in [0.29, 0.717) is 0 Å². The van der Waals surface area contributed by atoms with E-state index in [0.717, 1.165) is 20.7 Å². The Morgan fingerprint density at radius 3 is 2.50 bits per heavy atom. The van der Waals surface area contributed by atoms with Crippen LogP contribution in [0.25, 0.3) is 0 Å². The van der Waals surface area contributed by atoms with Gasteiger partial charge in [-0.2, -0.15) is 0 Å². The molecule has 0 bridgehead atoms. The molecule has 0 atom stereocenters. The molecule has 0 saturated heterocycles. The van der Waals surface area contributed by atoms with Gasteiger partial charge in [0.25, 0.3) is 0 Å². The first-order chi connectivity index (χ1) is 9.63. The van der Waals surface area contributed by atoms with E-state index < -0.39 is 5.97 Å². The third-order valence-electron chi connectivity index (χ3n) is 3.16. The number of rotatable bonds is 11. The Labute approximate surface area is 130 Å². The SMILES string of the molecule is CCCCCCCCCSc1nc(C)c(CC(=O)O)s1. The van der Waals surface area contributed by atoms with Crippen LogP contribution in [-0.4, -0.2) is 21.8 Å². The van der Waals surface area contributed by atoms with E-state index in [1.165, 1.54) is 56.3 Å². The molecule has 0 spiro atoms. The van der Waals surface area contributed by atoms with Crippen LogP contribution in [0.3, 0.4) is 0 Å². The van der Waals surface area contributed by atoms with Crippen LogP contribution in [0.5, 0.6) is 0 Å². The Kier molecular flexibility index (Phi) is 8.94. The van der Waals surface area contributed by atoms with Crippen molar-refractivity contribution >= 4 is 29.1 Å². The van der Waals surface area contributed by atoms with Crippen LogP contribution < -0.4 is 0 Å². The van der Waals surface area contributed by atoms with E-state index >= 15 is 0 Å². The number of aromatic nitrogens is 1. The number of nitrogens with zero attached hydrogens (tertiary/aromatic N) is 1. The molecular formula is C15H25NO2S2. The molecule has 0 aromatic carbocycles. The molecule has 20 heavy (non-hydrogen) atoms. The number of unbranched alkanes of at least 4 members (excludes halogenated alkanes) is 6. The molecule has 0 aliphatic rings. The van der Waals surface area contributed by atoms with E-state index in [1.54, 1.807) is 11.8 Å². The molecule has 0 unspecified atom stereocenters. The fourth-order valence-electron chi connectivity index (χ4n) is 1.98. The van der Waals surface area contributed by atoms with Crippen LogP contribution >= 0.6 is 23.1 Å². The lowest BCUT2D eigenvalue weighted by molar-refractivity contribution is -0.136. The summed E-state index contributed by atoms with van der Waals surface area (Å²) in [6, 6.07) is 0. The van der Waals surface area contributed by atoms with Gasteiger partial charge in [-0.25, -0.2) is 4.98 Å². The minimum Gasteiger partial charge on any atom is -0.481 e. The quantitative estimate of drug-likeness (QED) is 0.465. The lowest BCUT2D eigenvalue weighted by Gasteiger charge is -2.00. The van der Waals surface area contributed by atoms with Gasteiger partial charge in [0.2, 0.25) is 0 Å². The first-order valence-electron chi connectivity index (χ1n) is 7.44. The number of hydrogen-bond donors (Lipinski definition) is 1. The van der Waals surface area contributed by atoms with Gasteiger partial charge in [0.15, 0.2) is 0 Å². The monoisotopic (exact) mass is 315 g/mol. The Morgan fingerprint density at radius 1 is 1.20 bits per heavy atom. The number of hydrogen-bond acceptors (Lipinski definition) is 4. The Bertz CT molecular complexity index is 405. The van der Waals surface area contributed by atoms with Gasteiger partial charge in [-0.15, -0.1) is 11.3 Å². The summed E-state index contributed by atoms with van der Waals surface area (Å²) in [6.45, 7) is 4.14. The van der Waals surface area contributed by atoms with Crippen LogP contribution in [-0.2, 0) is 11.2 Å². The van der Waals surface area contributed by atoms with Crippen molar-refractivity contribution < 1.29 is 9.90 Å². The van der Waals surface area contributed by atoms with Crippen LogP contribution in [0.4, 0.5) is 0 Å². The van der Waals surface area contributed by atoms with E-state index in [4.69, 9.17) is 5.11 Å². The predicted molar refractivity (Wildman–Crippen MR) is 86.9 cm³/mol. The Balaban J connectivity index is 2.14. The van der Waals surface area contributed by atoms with Crippen molar-refractivity contribution in [1.82, 2.24) is 4.98 Å². The summed E-state index contributed by atoms with van der Waals surface area (Å²) in [7, 11) is 0. The van der Waals surface area contributed by atoms with Crippen molar-refractivity contribution in [1.29, 1.82) is 0 Å². The van der Waals surface area contributed by atoms with Crippen molar-refractivity contribution in [2.45, 2.75) is 69.6 Å². The fourth-order valence-corrected chi connectivity index (χ4v) is 4.28. The predicted octanol–water partition coefficient (Wildman–Crippen LogP) is 4.92. The summed E-state index contributed by atoms with van der Waals surface area (Å²) in [5, 5.41) is 8.81. The molecule has 0 radical (unpaired) electrons. The summed E-state index contributed by atoms with van der Waals surface area (Å²) in [6.07, 6.45) is 9.35. The number of aliphatic carboxylic acids is 1. The van der Waals surface area contributed by atoms with Gasteiger partial charge in [0.1, 0.15) is 4.34 Å². The van der Waals surface area contributed by atoms with Crippen molar-refractivity contribution in [3.8, 4) is 0 Å². The molecule has 0 aliphatic carbocycles. The topological polar surface area (TPSA) is 50.2 Å². The van der Waals surface area contributed by atoms with Gasteiger partial charge in [-0.3, -0.25) is 4.79 Å². The maximum Gasteiger partial charge on any atom is 0.308 e. The van der Waals surface area contributed by atoms with E-state index in [-0.39, 0.29) is 6.42 Å². The molecule has 5 heteroatoms. The number of carboxylic acids is 1. The molecule has 3 nitrogen and oxygen atoms in total. The minimum absolute atomic E-state index is 0.0987. The number of aryl methyl sites for hydroxylation is 1. The number of thioether (sulfide) groups is 1. The molecule has 0 fully saturated rings. The average Bonchev–Trinajstić information content (AvgIpc) is 2.72. The molecule has 114 valence electrons. The Hall–Kier alpha value is -0.550. The second-order valence-corrected chi connectivity index (χ2v) is 7.45. The third-order valence-corrected chi connectivity index (χ3v) is 5.54. The Morgan fingerprint density at radius 2 is 1.85 bits per heavy atom. The highest BCUT2D eigenvalue weighted by molar-refractivity contribution is 8.01. The zero-order valence-corrected chi connectivity index (χ0v) is 14.1.